The summed E-state index contributed by atoms with van der Waals surface area (Å²) >= 11 is 9.15. The molecule has 0 aromatic carbocycles. The van der Waals surface area contributed by atoms with Crippen molar-refractivity contribution in [3.63, 3.8) is 0 Å². The van der Waals surface area contributed by atoms with Gasteiger partial charge in [-0.1, -0.05) is 11.6 Å². The summed E-state index contributed by atoms with van der Waals surface area (Å²) in [7, 11) is 0. The maximum atomic E-state index is 12.4. The van der Waals surface area contributed by atoms with Gasteiger partial charge in [0, 0.05) is 25.4 Å². The Hall–Kier alpha value is -1.86. The van der Waals surface area contributed by atoms with Crippen LogP contribution in [0.15, 0.2) is 39.9 Å². The molecule has 120 valence electrons. The molecule has 8 heteroatoms. The molecule has 6 nitrogen and oxygen atoms in total. The predicted molar refractivity (Wildman–Crippen MR) is 88.9 cm³/mol. The first-order valence-corrected chi connectivity index (χ1v) is 8.16. The normalized spacial score (nSPS) is 17.3. The molecule has 1 atom stereocenters. The maximum absolute atomic E-state index is 12.4. The largest absolute Gasteiger partial charge is 0.472 e. The molecule has 2 aromatic heterocycles. The van der Waals surface area contributed by atoms with Crippen LogP contribution in [0.1, 0.15) is 16.8 Å². The molecule has 1 aliphatic heterocycles. The van der Waals surface area contributed by atoms with Crippen LogP contribution < -0.4 is 10.3 Å². The van der Waals surface area contributed by atoms with E-state index in [4.69, 9.17) is 16.3 Å². The molecule has 0 spiro atoms. The van der Waals surface area contributed by atoms with Gasteiger partial charge in [0.05, 0.1) is 16.6 Å². The number of aromatic amines is 1. The van der Waals surface area contributed by atoms with Gasteiger partial charge in [-0.05, 0) is 34.1 Å². The van der Waals surface area contributed by atoms with Crippen LogP contribution >= 0.6 is 27.5 Å². The monoisotopic (exact) mass is 397 g/mol. The molecule has 1 aliphatic rings. The van der Waals surface area contributed by atoms with Crippen LogP contribution in [0.2, 0.25) is 5.02 Å². The SMILES string of the molecule is O=C(c1c[nH]c(=O)c(Cl)c1)N1CCC(Oc2ncccc2Br)C1. The molecule has 3 heterocycles. The summed E-state index contributed by atoms with van der Waals surface area (Å²) in [5.74, 6) is 0.327. The number of pyridine rings is 2. The van der Waals surface area contributed by atoms with E-state index in [1.54, 1.807) is 17.2 Å². The quantitative estimate of drug-likeness (QED) is 0.862. The lowest BCUT2D eigenvalue weighted by Crippen LogP contribution is -2.31. The number of carbonyl (C=O) groups is 1. The van der Waals surface area contributed by atoms with Gasteiger partial charge in [-0.15, -0.1) is 0 Å². The van der Waals surface area contributed by atoms with Gasteiger partial charge < -0.3 is 14.6 Å². The van der Waals surface area contributed by atoms with Crippen LogP contribution in [0.3, 0.4) is 0 Å². The van der Waals surface area contributed by atoms with Crippen molar-refractivity contribution in [3.8, 4) is 5.88 Å². The molecule has 1 saturated heterocycles. The van der Waals surface area contributed by atoms with E-state index in [1.165, 1.54) is 12.3 Å². The average molecular weight is 399 g/mol. The van der Waals surface area contributed by atoms with Crippen LogP contribution in [0.25, 0.3) is 0 Å². The lowest BCUT2D eigenvalue weighted by molar-refractivity contribution is 0.0770. The number of H-pyrrole nitrogens is 1. The first-order chi connectivity index (χ1) is 11.0. The Kier molecular flexibility index (Phi) is 4.68. The minimum Gasteiger partial charge on any atom is -0.472 e. The minimum absolute atomic E-state index is 0.000244. The Morgan fingerprint density at radius 2 is 2.35 bits per heavy atom. The smallest absolute Gasteiger partial charge is 0.266 e. The van der Waals surface area contributed by atoms with Gasteiger partial charge in [0.1, 0.15) is 11.1 Å². The van der Waals surface area contributed by atoms with Crippen LogP contribution in [0.4, 0.5) is 0 Å². The first-order valence-electron chi connectivity index (χ1n) is 6.99. The van der Waals surface area contributed by atoms with Crippen molar-refractivity contribution in [2.24, 2.45) is 0 Å². The number of halogens is 2. The maximum Gasteiger partial charge on any atom is 0.266 e. The van der Waals surface area contributed by atoms with Crippen LogP contribution in [0.5, 0.6) is 5.88 Å². The molecule has 1 unspecified atom stereocenters. The van der Waals surface area contributed by atoms with Crippen LogP contribution in [-0.2, 0) is 0 Å². The second kappa shape index (κ2) is 6.72. The second-order valence-electron chi connectivity index (χ2n) is 5.14. The summed E-state index contributed by atoms with van der Waals surface area (Å²) < 4.78 is 6.60. The van der Waals surface area contributed by atoms with Crippen molar-refractivity contribution in [1.29, 1.82) is 0 Å². The van der Waals surface area contributed by atoms with Crippen molar-refractivity contribution in [2.75, 3.05) is 13.1 Å². The summed E-state index contributed by atoms with van der Waals surface area (Å²) in [4.78, 5) is 32.0. The molecule has 1 fully saturated rings. The van der Waals surface area contributed by atoms with Gasteiger partial charge in [0.2, 0.25) is 5.88 Å². The predicted octanol–water partition coefficient (Wildman–Crippen LogP) is 2.48. The number of nitrogens with zero attached hydrogens (tertiary/aromatic N) is 2. The number of nitrogens with one attached hydrogen (secondary N) is 1. The summed E-state index contributed by atoms with van der Waals surface area (Å²) in [5.41, 5.74) is -0.0554. The average Bonchev–Trinajstić information content (AvgIpc) is 3.00. The van der Waals surface area contributed by atoms with E-state index in [1.807, 2.05) is 6.07 Å². The van der Waals surface area contributed by atoms with Gasteiger partial charge in [-0.25, -0.2) is 4.98 Å². The third kappa shape index (κ3) is 3.56. The highest BCUT2D eigenvalue weighted by atomic mass is 79.9. The van der Waals surface area contributed by atoms with Crippen LogP contribution in [0, 0.1) is 0 Å². The Morgan fingerprint density at radius 1 is 1.52 bits per heavy atom. The van der Waals surface area contributed by atoms with Gasteiger partial charge in [-0.3, -0.25) is 9.59 Å². The number of aromatic nitrogens is 2. The minimum atomic E-state index is -0.411. The van der Waals surface area contributed by atoms with E-state index in [-0.39, 0.29) is 17.0 Å². The third-order valence-corrected chi connectivity index (χ3v) is 4.42. The van der Waals surface area contributed by atoms with E-state index in [9.17, 15) is 9.59 Å². The molecular formula is C15H13BrClN3O3. The highest BCUT2D eigenvalue weighted by molar-refractivity contribution is 9.10. The summed E-state index contributed by atoms with van der Waals surface area (Å²) in [5, 5.41) is 0.000244. The van der Waals surface area contributed by atoms with Crippen molar-refractivity contribution in [1.82, 2.24) is 14.9 Å². The molecule has 23 heavy (non-hydrogen) atoms. The molecule has 0 bridgehead atoms. The fraction of sp³-hybridized carbons (Fsp3) is 0.267. The number of hydrogen-bond acceptors (Lipinski definition) is 4. The zero-order valence-electron chi connectivity index (χ0n) is 12.0. The lowest BCUT2D eigenvalue weighted by atomic mass is 10.2. The number of hydrogen-bond donors (Lipinski definition) is 1. The zero-order valence-corrected chi connectivity index (χ0v) is 14.3. The van der Waals surface area contributed by atoms with E-state index in [0.717, 1.165) is 4.47 Å². The molecule has 0 radical (unpaired) electrons. The molecule has 0 saturated carbocycles. The van der Waals surface area contributed by atoms with E-state index in [2.05, 4.69) is 25.9 Å². The van der Waals surface area contributed by atoms with Crippen molar-refractivity contribution < 1.29 is 9.53 Å². The summed E-state index contributed by atoms with van der Waals surface area (Å²) in [6.45, 7) is 1.03. The Balaban J connectivity index is 1.67. The second-order valence-corrected chi connectivity index (χ2v) is 6.40. The first kappa shape index (κ1) is 16.0. The van der Waals surface area contributed by atoms with Gasteiger partial charge >= 0.3 is 0 Å². The molecule has 2 aromatic rings. The topological polar surface area (TPSA) is 75.3 Å². The van der Waals surface area contributed by atoms with E-state index < -0.39 is 5.56 Å². The molecule has 1 amide bonds. The van der Waals surface area contributed by atoms with Gasteiger partial charge in [0.15, 0.2) is 0 Å². The fourth-order valence-electron chi connectivity index (χ4n) is 2.39. The molecule has 0 aliphatic carbocycles. The highest BCUT2D eigenvalue weighted by Gasteiger charge is 2.29. The summed E-state index contributed by atoms with van der Waals surface area (Å²) in [6.07, 6.45) is 3.62. The Bertz CT molecular complexity index is 796. The van der Waals surface area contributed by atoms with Crippen molar-refractivity contribution in [3.05, 3.63) is 56.0 Å². The summed E-state index contributed by atoms with van der Waals surface area (Å²) in [6, 6.07) is 5.04. The number of likely N-dealkylation sites (tertiary alicyclic amines) is 1. The van der Waals surface area contributed by atoms with Crippen molar-refractivity contribution in [2.45, 2.75) is 12.5 Å². The number of ether oxygens (including phenoxy) is 1. The molecule has 1 N–H and O–H groups in total. The molecule has 3 rings (SSSR count). The number of carbonyl (C=O) groups excluding carboxylic acids is 1. The van der Waals surface area contributed by atoms with E-state index >= 15 is 0 Å². The number of rotatable bonds is 3. The zero-order chi connectivity index (χ0) is 16.4. The molecular weight excluding hydrogens is 386 g/mol. The van der Waals surface area contributed by atoms with E-state index in [0.29, 0.717) is 31.0 Å². The van der Waals surface area contributed by atoms with Gasteiger partial charge in [-0.2, -0.15) is 0 Å². The Labute approximate surface area is 145 Å². The van der Waals surface area contributed by atoms with Crippen molar-refractivity contribution >= 4 is 33.4 Å². The fourth-order valence-corrected chi connectivity index (χ4v) is 2.91. The number of amides is 1. The lowest BCUT2D eigenvalue weighted by Gasteiger charge is -2.17. The van der Waals surface area contributed by atoms with Gasteiger partial charge in [0.25, 0.3) is 11.5 Å². The third-order valence-electron chi connectivity index (χ3n) is 3.54. The Morgan fingerprint density at radius 3 is 3.09 bits per heavy atom. The highest BCUT2D eigenvalue weighted by Crippen LogP contribution is 2.25. The van der Waals surface area contributed by atoms with Crippen LogP contribution in [-0.4, -0.2) is 40.0 Å². The standard InChI is InChI=1S/C15H13BrClN3O3/c16-11-2-1-4-18-14(11)23-10-3-5-20(8-10)15(22)9-6-12(17)13(21)19-7-9/h1-2,4,6-7,10H,3,5,8H2,(H,19,21).